The van der Waals surface area contributed by atoms with Gasteiger partial charge in [0, 0.05) is 18.8 Å². The van der Waals surface area contributed by atoms with Crippen molar-refractivity contribution >= 4 is 0 Å². The Morgan fingerprint density at radius 1 is 1.20 bits per heavy atom. The average molecular weight is 272 g/mol. The zero-order valence-electron chi connectivity index (χ0n) is 12.2. The van der Waals surface area contributed by atoms with Crippen LogP contribution in [0, 0.1) is 0 Å². The van der Waals surface area contributed by atoms with Crippen LogP contribution in [0.5, 0.6) is 0 Å². The lowest BCUT2D eigenvalue weighted by molar-refractivity contribution is 0.453. The number of rotatable bonds is 9. The Bertz CT molecular complexity index is 453. The second-order valence-corrected chi connectivity index (χ2v) is 5.08. The van der Waals surface area contributed by atoms with Crippen LogP contribution in [0.25, 0.3) is 0 Å². The van der Waals surface area contributed by atoms with Crippen LogP contribution in [0.1, 0.15) is 44.2 Å². The number of nitrogens with zero attached hydrogens (tertiary/aromatic N) is 3. The van der Waals surface area contributed by atoms with Crippen LogP contribution in [-0.4, -0.2) is 21.5 Å². The predicted octanol–water partition coefficient (Wildman–Crippen LogP) is 3.19. The second-order valence-electron chi connectivity index (χ2n) is 5.08. The fourth-order valence-electron chi connectivity index (χ4n) is 2.35. The van der Waals surface area contributed by atoms with E-state index in [1.165, 1.54) is 24.8 Å². The number of aromatic nitrogens is 3. The van der Waals surface area contributed by atoms with E-state index in [0.29, 0.717) is 6.04 Å². The molecule has 1 N–H and O–H groups in total. The van der Waals surface area contributed by atoms with Gasteiger partial charge in [0.25, 0.3) is 0 Å². The highest BCUT2D eigenvalue weighted by molar-refractivity contribution is 5.18. The van der Waals surface area contributed by atoms with E-state index in [1.807, 2.05) is 10.9 Å². The van der Waals surface area contributed by atoms with E-state index < -0.39 is 0 Å². The Morgan fingerprint density at radius 3 is 2.75 bits per heavy atom. The van der Waals surface area contributed by atoms with E-state index in [9.17, 15) is 0 Å². The van der Waals surface area contributed by atoms with Gasteiger partial charge in [-0.25, -0.2) is 0 Å². The molecule has 0 aliphatic carbocycles. The normalized spacial score (nSPS) is 12.4. The van der Waals surface area contributed by atoms with Crippen molar-refractivity contribution < 1.29 is 0 Å². The molecule has 0 aliphatic heterocycles. The molecule has 2 aromatic rings. The van der Waals surface area contributed by atoms with Crippen LogP contribution in [0.3, 0.4) is 0 Å². The maximum Gasteiger partial charge on any atom is 0.0692 e. The van der Waals surface area contributed by atoms with Crippen molar-refractivity contribution in [2.45, 2.75) is 45.2 Å². The van der Waals surface area contributed by atoms with Crippen molar-refractivity contribution in [3.63, 3.8) is 0 Å². The molecule has 0 saturated heterocycles. The van der Waals surface area contributed by atoms with Gasteiger partial charge in [-0.05, 0) is 24.9 Å². The standard InChI is InChI=1S/C16H24N4/c1-2-3-10-16(15-8-5-4-6-9-15)17-11-7-13-20-14-12-18-19-20/h4-6,8-9,12,14,16-17H,2-3,7,10-11,13H2,1H3. The molecule has 0 saturated carbocycles. The quantitative estimate of drug-likeness (QED) is 0.713. The molecule has 1 heterocycles. The van der Waals surface area contributed by atoms with Crippen LogP contribution in [0.2, 0.25) is 0 Å². The molecule has 1 aromatic heterocycles. The molecule has 4 nitrogen and oxygen atoms in total. The number of aryl methyl sites for hydroxylation is 1. The lowest BCUT2D eigenvalue weighted by Gasteiger charge is -2.19. The minimum Gasteiger partial charge on any atom is -0.310 e. The summed E-state index contributed by atoms with van der Waals surface area (Å²) < 4.78 is 1.88. The molecule has 108 valence electrons. The third-order valence-electron chi connectivity index (χ3n) is 3.47. The molecular weight excluding hydrogens is 248 g/mol. The zero-order chi connectivity index (χ0) is 14.0. The molecule has 0 amide bonds. The lowest BCUT2D eigenvalue weighted by atomic mass is 10.0. The number of hydrogen-bond acceptors (Lipinski definition) is 3. The highest BCUT2D eigenvalue weighted by Crippen LogP contribution is 2.18. The molecule has 0 spiro atoms. The van der Waals surface area contributed by atoms with Gasteiger partial charge in [0.2, 0.25) is 0 Å². The highest BCUT2D eigenvalue weighted by atomic mass is 15.4. The van der Waals surface area contributed by atoms with Crippen LogP contribution in [-0.2, 0) is 6.54 Å². The summed E-state index contributed by atoms with van der Waals surface area (Å²) in [6.45, 7) is 4.16. The van der Waals surface area contributed by atoms with Crippen molar-refractivity contribution in [3.8, 4) is 0 Å². The van der Waals surface area contributed by atoms with Gasteiger partial charge in [0.15, 0.2) is 0 Å². The molecule has 0 fully saturated rings. The first-order chi connectivity index (χ1) is 9.90. The molecular formula is C16H24N4. The Balaban J connectivity index is 1.78. The van der Waals surface area contributed by atoms with E-state index >= 15 is 0 Å². The molecule has 4 heteroatoms. The summed E-state index contributed by atoms with van der Waals surface area (Å²) in [5.74, 6) is 0. The Labute approximate surface area is 121 Å². The first-order valence-corrected chi connectivity index (χ1v) is 7.52. The van der Waals surface area contributed by atoms with Gasteiger partial charge in [-0.15, -0.1) is 5.10 Å². The summed E-state index contributed by atoms with van der Waals surface area (Å²) in [6, 6.07) is 11.2. The van der Waals surface area contributed by atoms with Gasteiger partial charge in [0.05, 0.1) is 6.20 Å². The van der Waals surface area contributed by atoms with Gasteiger partial charge >= 0.3 is 0 Å². The first-order valence-electron chi connectivity index (χ1n) is 7.52. The van der Waals surface area contributed by atoms with E-state index in [2.05, 4.69) is 52.9 Å². The Kier molecular flexibility index (Phi) is 6.24. The summed E-state index contributed by atoms with van der Waals surface area (Å²) in [7, 11) is 0. The summed E-state index contributed by atoms with van der Waals surface area (Å²) in [4.78, 5) is 0. The minimum atomic E-state index is 0.465. The number of unbranched alkanes of at least 4 members (excludes halogenated alkanes) is 1. The molecule has 2 rings (SSSR count). The molecule has 1 unspecified atom stereocenters. The first kappa shape index (κ1) is 14.7. The molecule has 0 aliphatic rings. The summed E-state index contributed by atoms with van der Waals surface area (Å²) in [6.07, 6.45) is 8.40. The van der Waals surface area contributed by atoms with Crippen LogP contribution in [0.4, 0.5) is 0 Å². The van der Waals surface area contributed by atoms with Crippen LogP contribution < -0.4 is 5.32 Å². The van der Waals surface area contributed by atoms with E-state index in [4.69, 9.17) is 0 Å². The minimum absolute atomic E-state index is 0.465. The molecule has 20 heavy (non-hydrogen) atoms. The fourth-order valence-corrected chi connectivity index (χ4v) is 2.35. The highest BCUT2D eigenvalue weighted by Gasteiger charge is 2.09. The molecule has 0 radical (unpaired) electrons. The fraction of sp³-hybridized carbons (Fsp3) is 0.500. The van der Waals surface area contributed by atoms with Gasteiger partial charge in [-0.3, -0.25) is 4.68 Å². The predicted molar refractivity (Wildman–Crippen MR) is 81.3 cm³/mol. The smallest absolute Gasteiger partial charge is 0.0692 e. The monoisotopic (exact) mass is 272 g/mol. The van der Waals surface area contributed by atoms with Gasteiger partial charge in [-0.2, -0.15) is 0 Å². The summed E-state index contributed by atoms with van der Waals surface area (Å²) in [5.41, 5.74) is 1.39. The van der Waals surface area contributed by atoms with Crippen molar-refractivity contribution in [2.75, 3.05) is 6.54 Å². The Morgan fingerprint density at radius 2 is 2.05 bits per heavy atom. The topological polar surface area (TPSA) is 42.7 Å². The van der Waals surface area contributed by atoms with Gasteiger partial charge < -0.3 is 5.32 Å². The van der Waals surface area contributed by atoms with E-state index in [1.54, 1.807) is 6.20 Å². The maximum atomic E-state index is 3.98. The van der Waals surface area contributed by atoms with Crippen LogP contribution >= 0.6 is 0 Å². The second kappa shape index (κ2) is 8.48. The molecule has 1 aromatic carbocycles. The Hall–Kier alpha value is -1.68. The van der Waals surface area contributed by atoms with Gasteiger partial charge in [-0.1, -0.05) is 55.3 Å². The lowest BCUT2D eigenvalue weighted by Crippen LogP contribution is -2.23. The van der Waals surface area contributed by atoms with Crippen molar-refractivity contribution in [3.05, 3.63) is 48.3 Å². The van der Waals surface area contributed by atoms with Crippen LogP contribution in [0.15, 0.2) is 42.7 Å². The van der Waals surface area contributed by atoms with Crippen molar-refractivity contribution in [1.29, 1.82) is 0 Å². The number of benzene rings is 1. The van der Waals surface area contributed by atoms with E-state index in [-0.39, 0.29) is 0 Å². The molecule has 0 bridgehead atoms. The average Bonchev–Trinajstić information content (AvgIpc) is 3.01. The third kappa shape index (κ3) is 4.78. The number of nitrogens with one attached hydrogen (secondary N) is 1. The summed E-state index contributed by atoms with van der Waals surface area (Å²) in [5, 5.41) is 11.5. The van der Waals surface area contributed by atoms with Crippen molar-refractivity contribution in [2.24, 2.45) is 0 Å². The zero-order valence-corrected chi connectivity index (χ0v) is 12.2. The van der Waals surface area contributed by atoms with Crippen molar-refractivity contribution in [1.82, 2.24) is 20.3 Å². The third-order valence-corrected chi connectivity index (χ3v) is 3.47. The molecule has 1 atom stereocenters. The summed E-state index contributed by atoms with van der Waals surface area (Å²) >= 11 is 0. The van der Waals surface area contributed by atoms with E-state index in [0.717, 1.165) is 19.5 Å². The SMILES string of the molecule is CCCCC(NCCCn1ccnn1)c1ccccc1. The van der Waals surface area contributed by atoms with Gasteiger partial charge in [0.1, 0.15) is 0 Å². The maximum absolute atomic E-state index is 3.98. The number of hydrogen-bond donors (Lipinski definition) is 1. The largest absolute Gasteiger partial charge is 0.310 e.